The van der Waals surface area contributed by atoms with Gasteiger partial charge in [-0.3, -0.25) is 4.79 Å². The third-order valence-corrected chi connectivity index (χ3v) is 3.22. The summed E-state index contributed by atoms with van der Waals surface area (Å²) in [6.45, 7) is 9.52. The molecule has 1 aromatic rings. The van der Waals surface area contributed by atoms with E-state index in [9.17, 15) is 9.59 Å². The minimum absolute atomic E-state index is 0.0383. The molecule has 0 aliphatic rings. The monoisotopic (exact) mass is 304 g/mol. The van der Waals surface area contributed by atoms with Gasteiger partial charge in [-0.25, -0.2) is 4.79 Å². The van der Waals surface area contributed by atoms with E-state index in [0.29, 0.717) is 5.92 Å². The Morgan fingerprint density at radius 1 is 1.09 bits per heavy atom. The average molecular weight is 304 g/mol. The van der Waals surface area contributed by atoms with Crippen LogP contribution in [0.5, 0.6) is 0 Å². The summed E-state index contributed by atoms with van der Waals surface area (Å²) >= 11 is 0. The third-order valence-electron chi connectivity index (χ3n) is 3.22. The van der Waals surface area contributed by atoms with Crippen LogP contribution in [-0.2, 0) is 25.5 Å². The molecule has 0 amide bonds. The molecule has 0 saturated heterocycles. The van der Waals surface area contributed by atoms with E-state index in [0.717, 1.165) is 18.1 Å². The lowest BCUT2D eigenvalue weighted by Gasteiger charge is -2.13. The molecule has 0 saturated carbocycles. The number of esters is 2. The number of hydrogen-bond donors (Lipinski definition) is 0. The molecule has 0 heterocycles. The molecule has 0 radical (unpaired) electrons. The van der Waals surface area contributed by atoms with Crippen LogP contribution in [0.4, 0.5) is 0 Å². The SMILES string of the molecule is C=CC(=O)OCCOC(=O)C(C)c1ccc(CC(C)C)cc1. The van der Waals surface area contributed by atoms with Crippen molar-refractivity contribution in [2.24, 2.45) is 5.92 Å². The summed E-state index contributed by atoms with van der Waals surface area (Å²) in [5.74, 6) is -0.592. The van der Waals surface area contributed by atoms with Crippen molar-refractivity contribution in [2.45, 2.75) is 33.1 Å². The van der Waals surface area contributed by atoms with Crippen molar-refractivity contribution in [3.05, 3.63) is 48.0 Å². The molecule has 120 valence electrons. The van der Waals surface area contributed by atoms with Crippen molar-refractivity contribution in [3.63, 3.8) is 0 Å². The number of ether oxygens (including phenoxy) is 2. The summed E-state index contributed by atoms with van der Waals surface area (Å²) in [5.41, 5.74) is 2.18. The van der Waals surface area contributed by atoms with E-state index in [1.165, 1.54) is 5.56 Å². The molecule has 1 unspecified atom stereocenters. The summed E-state index contributed by atoms with van der Waals surface area (Å²) in [7, 11) is 0. The molecular formula is C18H24O4. The smallest absolute Gasteiger partial charge is 0.330 e. The topological polar surface area (TPSA) is 52.6 Å². The first-order chi connectivity index (χ1) is 10.4. The molecule has 4 heteroatoms. The first kappa shape index (κ1) is 18.0. The van der Waals surface area contributed by atoms with E-state index >= 15 is 0 Å². The second-order valence-electron chi connectivity index (χ2n) is 5.60. The number of hydrogen-bond acceptors (Lipinski definition) is 4. The lowest BCUT2D eigenvalue weighted by molar-refractivity contribution is -0.150. The summed E-state index contributed by atoms with van der Waals surface area (Å²) < 4.78 is 9.84. The van der Waals surface area contributed by atoms with E-state index in [4.69, 9.17) is 9.47 Å². The number of carbonyl (C=O) groups excluding carboxylic acids is 2. The van der Waals surface area contributed by atoms with Crippen molar-refractivity contribution in [1.82, 2.24) is 0 Å². The molecule has 0 fully saturated rings. The molecule has 4 nitrogen and oxygen atoms in total. The zero-order valence-electron chi connectivity index (χ0n) is 13.5. The highest BCUT2D eigenvalue weighted by molar-refractivity contribution is 5.81. The van der Waals surface area contributed by atoms with E-state index in [2.05, 4.69) is 20.4 Å². The van der Waals surface area contributed by atoms with Crippen LogP contribution in [0.25, 0.3) is 0 Å². The van der Waals surface area contributed by atoms with Gasteiger partial charge in [-0.1, -0.05) is 44.7 Å². The maximum atomic E-state index is 11.9. The van der Waals surface area contributed by atoms with Crippen LogP contribution in [0.2, 0.25) is 0 Å². The summed E-state index contributed by atoms with van der Waals surface area (Å²) in [5, 5.41) is 0. The van der Waals surface area contributed by atoms with Crippen molar-refractivity contribution in [3.8, 4) is 0 Å². The van der Waals surface area contributed by atoms with Gasteiger partial charge in [0.1, 0.15) is 13.2 Å². The highest BCUT2D eigenvalue weighted by Crippen LogP contribution is 2.18. The first-order valence-corrected chi connectivity index (χ1v) is 7.48. The zero-order valence-corrected chi connectivity index (χ0v) is 13.5. The van der Waals surface area contributed by atoms with Gasteiger partial charge < -0.3 is 9.47 Å². The fourth-order valence-electron chi connectivity index (χ4n) is 2.02. The lowest BCUT2D eigenvalue weighted by atomic mass is 9.97. The van der Waals surface area contributed by atoms with Crippen LogP contribution in [0.15, 0.2) is 36.9 Å². The van der Waals surface area contributed by atoms with Gasteiger partial charge in [0.15, 0.2) is 0 Å². The zero-order chi connectivity index (χ0) is 16.5. The molecule has 0 bridgehead atoms. The molecule has 1 rings (SSSR count). The van der Waals surface area contributed by atoms with Gasteiger partial charge in [0.25, 0.3) is 0 Å². The van der Waals surface area contributed by atoms with Crippen molar-refractivity contribution >= 4 is 11.9 Å². The predicted octanol–water partition coefficient (Wildman–Crippen LogP) is 3.26. The van der Waals surface area contributed by atoms with Crippen molar-refractivity contribution < 1.29 is 19.1 Å². The van der Waals surface area contributed by atoms with Gasteiger partial charge in [0, 0.05) is 6.08 Å². The molecule has 0 aromatic heterocycles. The molecule has 1 aromatic carbocycles. The Morgan fingerprint density at radius 3 is 2.23 bits per heavy atom. The Balaban J connectivity index is 2.45. The second-order valence-corrected chi connectivity index (χ2v) is 5.60. The molecular weight excluding hydrogens is 280 g/mol. The van der Waals surface area contributed by atoms with Crippen LogP contribution < -0.4 is 0 Å². The average Bonchev–Trinajstić information content (AvgIpc) is 2.50. The minimum atomic E-state index is -0.523. The van der Waals surface area contributed by atoms with Crippen molar-refractivity contribution in [1.29, 1.82) is 0 Å². The quantitative estimate of drug-likeness (QED) is 0.420. The van der Waals surface area contributed by atoms with Crippen LogP contribution >= 0.6 is 0 Å². The maximum Gasteiger partial charge on any atom is 0.330 e. The van der Waals surface area contributed by atoms with Gasteiger partial charge in [-0.15, -0.1) is 0 Å². The number of rotatable bonds is 8. The minimum Gasteiger partial charge on any atom is -0.462 e. The summed E-state index contributed by atoms with van der Waals surface area (Å²) in [4.78, 5) is 22.8. The maximum absolute atomic E-state index is 11.9. The van der Waals surface area contributed by atoms with E-state index in [-0.39, 0.29) is 25.1 Å². The van der Waals surface area contributed by atoms with Crippen LogP contribution in [0.1, 0.15) is 37.8 Å². The molecule has 22 heavy (non-hydrogen) atoms. The first-order valence-electron chi connectivity index (χ1n) is 7.48. The second kappa shape index (κ2) is 9.03. The van der Waals surface area contributed by atoms with Gasteiger partial charge in [-0.05, 0) is 30.4 Å². The fourth-order valence-corrected chi connectivity index (χ4v) is 2.02. The largest absolute Gasteiger partial charge is 0.462 e. The summed E-state index contributed by atoms with van der Waals surface area (Å²) in [6.07, 6.45) is 2.09. The number of carbonyl (C=O) groups is 2. The number of benzene rings is 1. The van der Waals surface area contributed by atoms with Gasteiger partial charge in [0.2, 0.25) is 0 Å². The highest BCUT2D eigenvalue weighted by atomic mass is 16.6. The molecule has 1 atom stereocenters. The standard InChI is InChI=1S/C18H24O4/c1-5-17(19)21-10-11-22-18(20)14(4)16-8-6-15(7-9-16)12-13(2)3/h5-9,13-14H,1,10-12H2,2-4H3. The van der Waals surface area contributed by atoms with Gasteiger partial charge in [-0.2, -0.15) is 0 Å². The normalized spacial score (nSPS) is 11.8. The van der Waals surface area contributed by atoms with E-state index < -0.39 is 5.97 Å². The summed E-state index contributed by atoms with van der Waals surface area (Å²) in [6, 6.07) is 8.01. The van der Waals surface area contributed by atoms with E-state index in [1.807, 2.05) is 24.3 Å². The van der Waals surface area contributed by atoms with Gasteiger partial charge >= 0.3 is 11.9 Å². The third kappa shape index (κ3) is 6.12. The van der Waals surface area contributed by atoms with Crippen LogP contribution in [0, 0.1) is 5.92 Å². The predicted molar refractivity (Wildman–Crippen MR) is 85.5 cm³/mol. The van der Waals surface area contributed by atoms with Gasteiger partial charge in [0.05, 0.1) is 5.92 Å². The van der Waals surface area contributed by atoms with Crippen molar-refractivity contribution in [2.75, 3.05) is 13.2 Å². The molecule has 0 N–H and O–H groups in total. The lowest BCUT2D eigenvalue weighted by Crippen LogP contribution is -2.17. The fraction of sp³-hybridized carbons (Fsp3) is 0.444. The van der Waals surface area contributed by atoms with E-state index in [1.54, 1.807) is 6.92 Å². The molecule has 0 aliphatic heterocycles. The Morgan fingerprint density at radius 2 is 1.68 bits per heavy atom. The highest BCUT2D eigenvalue weighted by Gasteiger charge is 2.16. The van der Waals surface area contributed by atoms with Crippen LogP contribution in [0.3, 0.4) is 0 Å². The Hall–Kier alpha value is -2.10. The molecule has 0 aliphatic carbocycles. The molecule has 0 spiro atoms. The van der Waals surface area contributed by atoms with Crippen LogP contribution in [-0.4, -0.2) is 25.2 Å². The Bertz CT molecular complexity index is 502. The Kier molecular flexibility index (Phi) is 7.37. The Labute approximate surface area is 132 Å².